The summed E-state index contributed by atoms with van der Waals surface area (Å²) in [7, 11) is 0.0481. The van der Waals surface area contributed by atoms with Crippen LogP contribution in [0, 0.1) is 0 Å². The van der Waals surface area contributed by atoms with Gasteiger partial charge in [0.2, 0.25) is 0 Å². The molecule has 0 aromatic carbocycles. The SMILES string of the molecule is COC(=O)CCc1coc([Si](C)(C)C)c1. The summed E-state index contributed by atoms with van der Waals surface area (Å²) < 4.78 is 10.1. The molecule has 84 valence electrons. The number of hydrogen-bond acceptors (Lipinski definition) is 3. The Hall–Kier alpha value is -1.03. The highest BCUT2D eigenvalue weighted by atomic mass is 28.3. The highest BCUT2D eigenvalue weighted by Crippen LogP contribution is 2.08. The summed E-state index contributed by atoms with van der Waals surface area (Å²) in [6, 6.07) is 2.06. The molecule has 3 nitrogen and oxygen atoms in total. The number of aryl methyl sites for hydroxylation is 1. The molecular formula is C11H18O3Si. The number of furan rings is 1. The first kappa shape index (κ1) is 12.0. The van der Waals surface area contributed by atoms with Crippen molar-refractivity contribution in [2.24, 2.45) is 0 Å². The normalized spacial score (nSPS) is 11.5. The fourth-order valence-corrected chi connectivity index (χ4v) is 2.28. The van der Waals surface area contributed by atoms with Gasteiger partial charge in [-0.2, -0.15) is 0 Å². The topological polar surface area (TPSA) is 39.4 Å². The van der Waals surface area contributed by atoms with Crippen molar-refractivity contribution in [2.75, 3.05) is 7.11 Å². The summed E-state index contributed by atoms with van der Waals surface area (Å²) >= 11 is 0. The summed E-state index contributed by atoms with van der Waals surface area (Å²) in [5.74, 6) is -0.175. The molecule has 0 spiro atoms. The summed E-state index contributed by atoms with van der Waals surface area (Å²) in [5, 5.41) is 1.09. The number of esters is 1. The molecule has 0 saturated heterocycles. The lowest BCUT2D eigenvalue weighted by molar-refractivity contribution is -0.140. The van der Waals surface area contributed by atoms with Crippen LogP contribution in [0.4, 0.5) is 0 Å². The molecule has 1 aromatic heterocycles. The first-order valence-electron chi connectivity index (χ1n) is 5.08. The van der Waals surface area contributed by atoms with E-state index in [4.69, 9.17) is 4.42 Å². The number of carbonyl (C=O) groups excluding carboxylic acids is 1. The van der Waals surface area contributed by atoms with Gasteiger partial charge in [0.05, 0.1) is 18.8 Å². The molecule has 0 fully saturated rings. The third-order valence-electron chi connectivity index (χ3n) is 2.24. The Morgan fingerprint density at radius 3 is 2.60 bits per heavy atom. The van der Waals surface area contributed by atoms with Crippen molar-refractivity contribution < 1.29 is 13.9 Å². The lowest BCUT2D eigenvalue weighted by Crippen LogP contribution is -2.36. The molecule has 0 saturated carbocycles. The van der Waals surface area contributed by atoms with Crippen LogP contribution < -0.4 is 5.38 Å². The maximum atomic E-state index is 10.9. The Morgan fingerprint density at radius 1 is 1.47 bits per heavy atom. The molecule has 0 aliphatic rings. The Morgan fingerprint density at radius 2 is 2.13 bits per heavy atom. The second-order valence-electron chi connectivity index (χ2n) is 4.65. The fourth-order valence-electron chi connectivity index (χ4n) is 1.25. The van der Waals surface area contributed by atoms with Crippen LogP contribution in [0.2, 0.25) is 19.6 Å². The minimum absolute atomic E-state index is 0.175. The monoisotopic (exact) mass is 226 g/mol. The highest BCUT2D eigenvalue weighted by Gasteiger charge is 2.20. The summed E-state index contributed by atoms with van der Waals surface area (Å²) in [4.78, 5) is 10.9. The van der Waals surface area contributed by atoms with Gasteiger partial charge >= 0.3 is 5.97 Å². The molecule has 4 heteroatoms. The molecule has 0 amide bonds. The lowest BCUT2D eigenvalue weighted by atomic mass is 10.2. The zero-order chi connectivity index (χ0) is 11.5. The zero-order valence-corrected chi connectivity index (χ0v) is 10.8. The van der Waals surface area contributed by atoms with Crippen LogP contribution in [-0.4, -0.2) is 21.2 Å². The summed E-state index contributed by atoms with van der Waals surface area (Å²) in [6.45, 7) is 6.70. The number of carbonyl (C=O) groups is 1. The molecule has 0 N–H and O–H groups in total. The Kier molecular flexibility index (Phi) is 3.74. The van der Waals surface area contributed by atoms with Crippen molar-refractivity contribution in [3.05, 3.63) is 17.9 Å². The predicted octanol–water partition coefficient (Wildman–Crippen LogP) is 1.93. The van der Waals surface area contributed by atoms with E-state index in [9.17, 15) is 4.79 Å². The van der Waals surface area contributed by atoms with Crippen LogP contribution >= 0.6 is 0 Å². The van der Waals surface area contributed by atoms with E-state index in [2.05, 4.69) is 30.4 Å². The standard InChI is InChI=1S/C11H18O3Si/c1-13-10(12)6-5-9-7-11(14-8-9)15(2,3)4/h7-8H,5-6H2,1-4H3. The van der Waals surface area contributed by atoms with E-state index in [0.29, 0.717) is 12.8 Å². The van der Waals surface area contributed by atoms with E-state index in [1.807, 2.05) is 0 Å². The minimum atomic E-state index is -1.36. The van der Waals surface area contributed by atoms with E-state index < -0.39 is 8.07 Å². The smallest absolute Gasteiger partial charge is 0.305 e. The van der Waals surface area contributed by atoms with Crippen LogP contribution in [-0.2, 0) is 16.0 Å². The van der Waals surface area contributed by atoms with Crippen LogP contribution in [0.5, 0.6) is 0 Å². The van der Waals surface area contributed by atoms with Crippen molar-refractivity contribution in [2.45, 2.75) is 32.5 Å². The van der Waals surface area contributed by atoms with Crippen LogP contribution in [0.1, 0.15) is 12.0 Å². The number of rotatable bonds is 4. The predicted molar refractivity (Wildman–Crippen MR) is 62.0 cm³/mol. The average Bonchev–Trinajstić information content (AvgIpc) is 2.61. The number of hydrogen-bond donors (Lipinski definition) is 0. The van der Waals surface area contributed by atoms with E-state index in [1.54, 1.807) is 6.26 Å². The largest absolute Gasteiger partial charge is 0.474 e. The van der Waals surface area contributed by atoms with E-state index in [0.717, 1.165) is 10.9 Å². The molecule has 1 rings (SSSR count). The quantitative estimate of drug-likeness (QED) is 0.582. The molecule has 15 heavy (non-hydrogen) atoms. The van der Waals surface area contributed by atoms with Gasteiger partial charge in [-0.25, -0.2) is 0 Å². The number of ether oxygens (including phenoxy) is 1. The second kappa shape index (κ2) is 4.66. The second-order valence-corrected chi connectivity index (χ2v) is 9.64. The van der Waals surface area contributed by atoms with Crippen LogP contribution in [0.3, 0.4) is 0 Å². The molecular weight excluding hydrogens is 208 g/mol. The van der Waals surface area contributed by atoms with Crippen molar-refractivity contribution in [1.82, 2.24) is 0 Å². The zero-order valence-electron chi connectivity index (χ0n) is 9.79. The summed E-state index contributed by atoms with van der Waals surface area (Å²) in [5.41, 5.74) is 1.08. The molecule has 0 radical (unpaired) electrons. The van der Waals surface area contributed by atoms with Gasteiger partial charge in [-0.15, -0.1) is 0 Å². The molecule has 0 unspecified atom stereocenters. The van der Waals surface area contributed by atoms with Crippen molar-refractivity contribution in [1.29, 1.82) is 0 Å². The van der Waals surface area contributed by atoms with E-state index in [1.165, 1.54) is 7.11 Å². The maximum Gasteiger partial charge on any atom is 0.305 e. The van der Waals surface area contributed by atoms with Crippen molar-refractivity contribution in [3.8, 4) is 0 Å². The summed E-state index contributed by atoms with van der Waals surface area (Å²) in [6.07, 6.45) is 2.86. The number of methoxy groups -OCH3 is 1. The van der Waals surface area contributed by atoms with Gasteiger partial charge in [-0.05, 0) is 18.1 Å². The van der Waals surface area contributed by atoms with E-state index in [-0.39, 0.29) is 5.97 Å². The van der Waals surface area contributed by atoms with Gasteiger partial charge in [0.1, 0.15) is 8.07 Å². The van der Waals surface area contributed by atoms with Gasteiger partial charge < -0.3 is 9.15 Å². The lowest BCUT2D eigenvalue weighted by Gasteiger charge is -2.10. The van der Waals surface area contributed by atoms with Gasteiger partial charge in [-0.3, -0.25) is 4.79 Å². The third-order valence-corrected chi connectivity index (χ3v) is 3.98. The van der Waals surface area contributed by atoms with Crippen molar-refractivity contribution in [3.63, 3.8) is 0 Å². The van der Waals surface area contributed by atoms with Gasteiger partial charge in [-0.1, -0.05) is 19.6 Å². The molecule has 1 aromatic rings. The molecule has 0 atom stereocenters. The van der Waals surface area contributed by atoms with Gasteiger partial charge in [0.25, 0.3) is 0 Å². The Balaban J connectivity index is 2.58. The maximum absolute atomic E-state index is 10.9. The molecule has 1 heterocycles. The first-order valence-corrected chi connectivity index (χ1v) is 8.58. The molecule has 0 bridgehead atoms. The van der Waals surface area contributed by atoms with Gasteiger partial charge in [0.15, 0.2) is 0 Å². The third kappa shape index (κ3) is 3.55. The van der Waals surface area contributed by atoms with Crippen molar-refractivity contribution >= 4 is 19.4 Å². The first-order chi connectivity index (χ1) is 6.93. The van der Waals surface area contributed by atoms with Gasteiger partial charge in [0, 0.05) is 6.42 Å². The average molecular weight is 226 g/mol. The van der Waals surface area contributed by atoms with Crippen LogP contribution in [0.15, 0.2) is 16.7 Å². The van der Waals surface area contributed by atoms with E-state index >= 15 is 0 Å². The molecule has 0 aliphatic carbocycles. The Labute approximate surface area is 91.4 Å². The minimum Gasteiger partial charge on any atom is -0.474 e. The van der Waals surface area contributed by atoms with Crippen LogP contribution in [0.25, 0.3) is 0 Å². The Bertz CT molecular complexity index is 336. The molecule has 0 aliphatic heterocycles. The highest BCUT2D eigenvalue weighted by molar-refractivity contribution is 6.87. The fraction of sp³-hybridized carbons (Fsp3) is 0.545.